The number of nitrogens with zero attached hydrogens (tertiary/aromatic N) is 3. The van der Waals surface area contributed by atoms with Crippen molar-refractivity contribution in [1.82, 2.24) is 14.9 Å². The van der Waals surface area contributed by atoms with E-state index in [2.05, 4.69) is 32.0 Å². The lowest BCUT2D eigenvalue weighted by Crippen LogP contribution is -2.32. The van der Waals surface area contributed by atoms with Crippen LogP contribution in [0.5, 0.6) is 11.5 Å². The van der Waals surface area contributed by atoms with Crippen molar-refractivity contribution in [2.45, 2.75) is 17.7 Å². The van der Waals surface area contributed by atoms with Gasteiger partial charge in [0.05, 0.1) is 19.4 Å². The molecule has 3 aromatic carbocycles. The maximum atomic E-state index is 14.0. The van der Waals surface area contributed by atoms with Crippen LogP contribution in [0.25, 0.3) is 11.3 Å². The van der Waals surface area contributed by atoms with E-state index in [1.54, 1.807) is 25.3 Å². The van der Waals surface area contributed by atoms with Crippen molar-refractivity contribution in [3.05, 3.63) is 84.7 Å². The third-order valence-corrected chi connectivity index (χ3v) is 8.45. The van der Waals surface area contributed by atoms with Gasteiger partial charge in [-0.05, 0) is 93.5 Å². The number of carboxylic acid groups (broad SMARTS) is 1. The predicted octanol–water partition coefficient (Wildman–Crippen LogP) is 5.40. The molecule has 14 heteroatoms. The number of anilines is 3. The fraction of sp³-hybridized carbons (Fsp3) is 0.258. The average Bonchev–Trinajstić information content (AvgIpc) is 3.02. The van der Waals surface area contributed by atoms with Gasteiger partial charge in [-0.1, -0.05) is 0 Å². The first-order chi connectivity index (χ1) is 21.6. The highest BCUT2D eigenvalue weighted by Crippen LogP contribution is 2.33. The number of piperidine rings is 1. The normalized spacial score (nSPS) is 13.7. The molecule has 0 unspecified atom stereocenters. The first kappa shape index (κ1) is 33.1. The van der Waals surface area contributed by atoms with Crippen molar-refractivity contribution in [1.29, 1.82) is 0 Å². The van der Waals surface area contributed by atoms with Crippen molar-refractivity contribution in [3.8, 4) is 22.8 Å². The van der Waals surface area contributed by atoms with Gasteiger partial charge in [0.15, 0.2) is 11.5 Å². The molecule has 3 N–H and O–H groups in total. The summed E-state index contributed by atoms with van der Waals surface area (Å²) in [5.41, 5.74) is 2.32. The van der Waals surface area contributed by atoms with Gasteiger partial charge in [-0.3, -0.25) is 9.52 Å². The van der Waals surface area contributed by atoms with E-state index in [-0.39, 0.29) is 12.2 Å². The Morgan fingerprint density at radius 3 is 2.33 bits per heavy atom. The van der Waals surface area contributed by atoms with Crippen LogP contribution in [0.3, 0.4) is 0 Å². The second kappa shape index (κ2) is 15.3. The Balaban J connectivity index is 0.00000148. The van der Waals surface area contributed by atoms with Crippen LogP contribution in [0.4, 0.5) is 26.0 Å². The minimum Gasteiger partial charge on any atom is -0.493 e. The molecule has 0 spiro atoms. The Labute approximate surface area is 259 Å². The molecule has 0 bridgehead atoms. The van der Waals surface area contributed by atoms with Crippen LogP contribution in [-0.4, -0.2) is 68.7 Å². The highest BCUT2D eigenvalue weighted by Gasteiger charge is 2.20. The van der Waals surface area contributed by atoms with Gasteiger partial charge >= 0.3 is 0 Å². The molecule has 1 aliphatic heterocycles. The largest absolute Gasteiger partial charge is 0.493 e. The molecule has 238 valence electrons. The number of carbonyl (C=O) groups is 1. The van der Waals surface area contributed by atoms with E-state index < -0.39 is 26.6 Å². The third kappa shape index (κ3) is 9.09. The van der Waals surface area contributed by atoms with Crippen molar-refractivity contribution in [2.24, 2.45) is 5.92 Å². The van der Waals surface area contributed by atoms with Crippen LogP contribution in [0.2, 0.25) is 0 Å². The molecule has 0 amide bonds. The number of likely N-dealkylation sites (tertiary alicyclic amines) is 1. The molecule has 4 aromatic rings. The van der Waals surface area contributed by atoms with Crippen LogP contribution < -0.4 is 19.5 Å². The zero-order chi connectivity index (χ0) is 32.4. The quantitative estimate of drug-likeness (QED) is 0.193. The summed E-state index contributed by atoms with van der Waals surface area (Å²) in [5, 5.41) is 10.1. The van der Waals surface area contributed by atoms with Crippen LogP contribution >= 0.6 is 0 Å². The summed E-state index contributed by atoms with van der Waals surface area (Å²) in [4.78, 5) is 18.7. The zero-order valence-electron chi connectivity index (χ0n) is 24.6. The molecular weight excluding hydrogens is 608 g/mol. The fourth-order valence-corrected chi connectivity index (χ4v) is 5.76. The highest BCUT2D eigenvalue weighted by atomic mass is 32.2. The molecule has 0 aliphatic carbocycles. The van der Waals surface area contributed by atoms with E-state index in [1.807, 2.05) is 18.2 Å². The zero-order valence-corrected chi connectivity index (χ0v) is 25.4. The number of halogens is 2. The Kier molecular flexibility index (Phi) is 11.2. The summed E-state index contributed by atoms with van der Waals surface area (Å²) >= 11 is 0. The maximum Gasteiger partial charge on any atom is 0.290 e. The van der Waals surface area contributed by atoms with Crippen LogP contribution in [-0.2, 0) is 14.8 Å². The second-order valence-electron chi connectivity index (χ2n) is 10.2. The van der Waals surface area contributed by atoms with Gasteiger partial charge in [-0.25, -0.2) is 27.2 Å². The van der Waals surface area contributed by atoms with Crippen molar-refractivity contribution in [3.63, 3.8) is 0 Å². The molecule has 1 fully saturated rings. The van der Waals surface area contributed by atoms with E-state index in [0.717, 1.165) is 43.6 Å². The number of nitrogens with one attached hydrogen (secondary N) is 2. The molecule has 11 nitrogen and oxygen atoms in total. The smallest absolute Gasteiger partial charge is 0.290 e. The van der Waals surface area contributed by atoms with Crippen LogP contribution in [0, 0.1) is 17.6 Å². The van der Waals surface area contributed by atoms with Gasteiger partial charge in [0.1, 0.15) is 28.7 Å². The lowest BCUT2D eigenvalue weighted by atomic mass is 9.98. The summed E-state index contributed by atoms with van der Waals surface area (Å²) in [6.45, 7) is 2.56. The van der Waals surface area contributed by atoms with Crippen LogP contribution in [0.1, 0.15) is 12.8 Å². The Hall–Kier alpha value is -4.82. The Bertz CT molecular complexity index is 1700. The molecule has 0 radical (unpaired) electrons. The fourth-order valence-electron chi connectivity index (χ4n) is 4.64. The number of sulfonamides is 1. The van der Waals surface area contributed by atoms with Gasteiger partial charge in [0.2, 0.25) is 0 Å². The van der Waals surface area contributed by atoms with Crippen molar-refractivity contribution < 1.29 is 36.6 Å². The summed E-state index contributed by atoms with van der Waals surface area (Å²) in [6, 6.07) is 16.0. The number of ether oxygens (including phenoxy) is 2. The summed E-state index contributed by atoms with van der Waals surface area (Å²) in [6.07, 6.45) is 3.66. The molecule has 2 heterocycles. The summed E-state index contributed by atoms with van der Waals surface area (Å²) in [7, 11) is -0.500. The first-order valence-electron chi connectivity index (χ1n) is 13.9. The lowest BCUT2D eigenvalue weighted by Gasteiger charge is -2.28. The lowest BCUT2D eigenvalue weighted by molar-refractivity contribution is -0.122. The van der Waals surface area contributed by atoms with Gasteiger partial charge in [0.25, 0.3) is 16.5 Å². The highest BCUT2D eigenvalue weighted by molar-refractivity contribution is 7.92. The first-order valence-corrected chi connectivity index (χ1v) is 15.3. The average molecular weight is 642 g/mol. The van der Waals surface area contributed by atoms with Crippen molar-refractivity contribution >= 4 is 33.7 Å². The molecular formula is C31H33F2N5O6S. The molecule has 0 saturated carbocycles. The minimum absolute atomic E-state index is 0.206. The number of hydrogen-bond donors (Lipinski definition) is 3. The number of aromatic nitrogens is 2. The van der Waals surface area contributed by atoms with E-state index in [1.165, 1.54) is 18.5 Å². The molecule has 0 atom stereocenters. The SMILES string of the molecule is COc1cc(-c2cc(Nc3ccc(NS(=O)(=O)c4ccc(F)cc4F)cc3)ncn2)ccc1OCC1CCN(C)CC1.O=CO. The molecule has 1 aromatic heterocycles. The third-order valence-electron chi connectivity index (χ3n) is 7.03. The molecule has 5 rings (SSSR count). The topological polar surface area (TPSA) is 143 Å². The Morgan fingerprint density at radius 1 is 0.978 bits per heavy atom. The van der Waals surface area contributed by atoms with Gasteiger partial charge in [-0.2, -0.15) is 0 Å². The molecule has 45 heavy (non-hydrogen) atoms. The van der Waals surface area contributed by atoms with E-state index >= 15 is 0 Å². The van der Waals surface area contributed by atoms with E-state index in [0.29, 0.717) is 47.3 Å². The standard InChI is InChI=1S/C30H31F2N5O4S.CH2O2/c1-37-13-11-20(12-14-37)18-41-27-9-3-21(15-28(27)40-2)26-17-30(34-19-33-26)35-23-5-7-24(8-6-23)36-42(38,39)29-10-4-22(31)16-25(29)32;2-1-3/h3-10,15-17,19-20,36H,11-14,18H2,1-2H3,(H,33,34,35);1H,(H,2,3). The summed E-state index contributed by atoms with van der Waals surface area (Å²) < 4.78 is 66.2. The number of hydrogen-bond acceptors (Lipinski definition) is 9. The van der Waals surface area contributed by atoms with Gasteiger partial charge in [0, 0.05) is 29.1 Å². The van der Waals surface area contributed by atoms with E-state index in [9.17, 15) is 17.2 Å². The number of benzene rings is 3. The van der Waals surface area contributed by atoms with Gasteiger partial charge in [-0.15, -0.1) is 0 Å². The predicted molar refractivity (Wildman–Crippen MR) is 165 cm³/mol. The molecule has 1 saturated heterocycles. The minimum atomic E-state index is -4.24. The molecule has 1 aliphatic rings. The summed E-state index contributed by atoms with van der Waals surface area (Å²) in [5.74, 6) is 0.306. The monoisotopic (exact) mass is 641 g/mol. The Morgan fingerprint density at radius 2 is 1.67 bits per heavy atom. The second-order valence-corrected chi connectivity index (χ2v) is 11.9. The number of rotatable bonds is 10. The van der Waals surface area contributed by atoms with Gasteiger partial charge < -0.3 is 24.8 Å². The van der Waals surface area contributed by atoms with Crippen LogP contribution in [0.15, 0.2) is 78.0 Å². The number of methoxy groups -OCH3 is 1. The van der Waals surface area contributed by atoms with E-state index in [4.69, 9.17) is 19.4 Å². The maximum absolute atomic E-state index is 14.0. The van der Waals surface area contributed by atoms with Crippen molar-refractivity contribution in [2.75, 3.05) is 43.9 Å².